The van der Waals surface area contributed by atoms with Crippen molar-refractivity contribution in [1.82, 2.24) is 4.90 Å². The van der Waals surface area contributed by atoms with Gasteiger partial charge in [-0.1, -0.05) is 38.6 Å². The number of anilines is 1. The molecule has 0 atom stereocenters. The van der Waals surface area contributed by atoms with Gasteiger partial charge in [0.2, 0.25) is 0 Å². The molecule has 1 aromatic rings. The van der Waals surface area contributed by atoms with Crippen molar-refractivity contribution in [3.8, 4) is 0 Å². The van der Waals surface area contributed by atoms with E-state index in [4.69, 9.17) is 6.57 Å². The molecule has 1 N–H and O–H groups in total. The largest absolute Gasteiger partial charge is 0.361 e. The van der Waals surface area contributed by atoms with Crippen molar-refractivity contribution in [2.45, 2.75) is 57.9 Å². The van der Waals surface area contributed by atoms with Gasteiger partial charge >= 0.3 is 0 Å². The summed E-state index contributed by atoms with van der Waals surface area (Å²) in [6, 6.07) is 6.11. The van der Waals surface area contributed by atoms with Gasteiger partial charge in [0.1, 0.15) is 9.84 Å². The molecular weight excluding hydrogens is 460 g/mol. The lowest BCUT2D eigenvalue weighted by molar-refractivity contribution is -0.110. The molecule has 0 unspecified atom stereocenters. The number of nitrogens with one attached hydrogen (secondary N) is 1. The highest BCUT2D eigenvalue weighted by atomic mass is 32.2. The van der Waals surface area contributed by atoms with E-state index in [9.17, 15) is 13.2 Å². The summed E-state index contributed by atoms with van der Waals surface area (Å²) in [6.45, 7) is 11.7. The fraction of sp³-hybridized carbons (Fsp3) is 0.519. The molecule has 0 aromatic heterocycles. The molecule has 0 saturated carbocycles. The molecule has 1 aromatic carbocycles. The summed E-state index contributed by atoms with van der Waals surface area (Å²) in [7, 11) is 1.01. The molecule has 7 nitrogen and oxygen atoms in total. The van der Waals surface area contributed by atoms with Crippen molar-refractivity contribution in [3.63, 3.8) is 0 Å². The molecule has 2 heterocycles. The summed E-state index contributed by atoms with van der Waals surface area (Å²) >= 11 is 0. The predicted molar refractivity (Wildman–Crippen MR) is 141 cm³/mol. The normalized spacial score (nSPS) is 22.6. The Kier molecular flexibility index (Phi) is 6.78. The van der Waals surface area contributed by atoms with Crippen molar-refractivity contribution < 1.29 is 13.2 Å². The molecule has 3 aliphatic rings. The number of carbonyl (C=O) groups excluding carboxylic acids is 1. The Bertz CT molecular complexity index is 1270. The Balaban J connectivity index is 1.73. The Morgan fingerprint density at radius 3 is 2.43 bits per heavy atom. The van der Waals surface area contributed by atoms with Crippen LogP contribution in [-0.2, 0) is 20.2 Å². The summed E-state index contributed by atoms with van der Waals surface area (Å²) in [5.41, 5.74) is 4.19. The smallest absolute Gasteiger partial charge is 0.293 e. The first-order valence-electron chi connectivity index (χ1n) is 12.1. The van der Waals surface area contributed by atoms with Crippen LogP contribution in [0.5, 0.6) is 0 Å². The lowest BCUT2D eigenvalue weighted by Crippen LogP contribution is -2.47. The Morgan fingerprint density at radius 2 is 1.86 bits per heavy atom. The first-order valence-corrected chi connectivity index (χ1v) is 14.0. The minimum atomic E-state index is -3.01. The van der Waals surface area contributed by atoms with Crippen molar-refractivity contribution >= 4 is 32.7 Å². The molecule has 1 fully saturated rings. The van der Waals surface area contributed by atoms with Crippen LogP contribution in [0.4, 0.5) is 5.69 Å². The van der Waals surface area contributed by atoms with Gasteiger partial charge in [0, 0.05) is 23.2 Å². The summed E-state index contributed by atoms with van der Waals surface area (Å²) in [5, 5.41) is 3.04. The number of nitrogens with zero attached hydrogens (tertiary/aromatic N) is 3. The van der Waals surface area contributed by atoms with E-state index in [2.05, 4.69) is 46.0 Å². The molecule has 8 heteroatoms. The Labute approximate surface area is 208 Å². The van der Waals surface area contributed by atoms with Gasteiger partial charge in [-0.3, -0.25) is 9.69 Å². The molecule has 4 rings (SSSR count). The quantitative estimate of drug-likeness (QED) is 0.597. The van der Waals surface area contributed by atoms with E-state index in [1.807, 2.05) is 26.2 Å². The molecule has 1 amide bonds. The van der Waals surface area contributed by atoms with E-state index in [1.54, 1.807) is 6.08 Å². The van der Waals surface area contributed by atoms with Crippen LogP contribution in [0.2, 0.25) is 0 Å². The van der Waals surface area contributed by atoms with E-state index < -0.39 is 9.84 Å². The maximum Gasteiger partial charge on any atom is 0.293 e. The number of rotatable bonds is 5. The molecule has 0 bridgehead atoms. The first kappa shape index (κ1) is 25.3. The number of amides is 1. The van der Waals surface area contributed by atoms with Gasteiger partial charge in [0.15, 0.2) is 5.71 Å². The van der Waals surface area contributed by atoms with E-state index in [-0.39, 0.29) is 34.2 Å². The second kappa shape index (κ2) is 9.36. The maximum atomic E-state index is 13.0. The Morgan fingerprint density at radius 1 is 1.14 bits per heavy atom. The van der Waals surface area contributed by atoms with Gasteiger partial charge in [0.25, 0.3) is 11.7 Å². The van der Waals surface area contributed by atoms with Crippen LogP contribution in [0.1, 0.15) is 63.5 Å². The zero-order valence-corrected chi connectivity index (χ0v) is 21.8. The summed E-state index contributed by atoms with van der Waals surface area (Å²) < 4.78 is 24.4. The lowest BCUT2D eigenvalue weighted by atomic mass is 9.75. The fourth-order valence-electron chi connectivity index (χ4n) is 5.23. The third kappa shape index (κ3) is 5.26. The average molecular weight is 495 g/mol. The second-order valence-corrected chi connectivity index (χ2v) is 13.1. The number of allylic oxidation sites excluding steroid dienone is 3. The Hall–Kier alpha value is -2.76. The number of hydrogen-bond acceptors (Lipinski definition) is 5. The number of carbonyl (C=O) groups is 1. The van der Waals surface area contributed by atoms with Gasteiger partial charge in [-0.05, 0) is 74.9 Å². The van der Waals surface area contributed by atoms with Crippen molar-refractivity contribution in [1.29, 1.82) is 0 Å². The minimum absolute atomic E-state index is 0.173. The SMILES string of the molecule is [C-]#[N+]C1=CCC(C(=O)Nc2ccc(C3(N(C)C)CCS(=O)(=O)CC3)cc2C2=CCC(C)(C)CC2)=N1. The predicted octanol–water partition coefficient (Wildman–Crippen LogP) is 4.79. The fourth-order valence-corrected chi connectivity index (χ4v) is 6.73. The van der Waals surface area contributed by atoms with E-state index in [0.29, 0.717) is 25.0 Å². The molecule has 1 saturated heterocycles. The van der Waals surface area contributed by atoms with E-state index in [0.717, 1.165) is 36.1 Å². The maximum absolute atomic E-state index is 13.0. The molecule has 186 valence electrons. The average Bonchev–Trinajstić information content (AvgIpc) is 3.29. The zero-order chi connectivity index (χ0) is 25.4. The molecule has 1 aliphatic carbocycles. The highest BCUT2D eigenvalue weighted by molar-refractivity contribution is 7.91. The van der Waals surface area contributed by atoms with Crippen molar-refractivity contribution in [2.24, 2.45) is 10.4 Å². The number of sulfone groups is 1. The number of hydrogen-bond donors (Lipinski definition) is 1. The highest BCUT2D eigenvalue weighted by Crippen LogP contribution is 2.44. The first-order chi connectivity index (χ1) is 16.4. The standard InChI is InChI=1S/C27H34N4O3S/c1-26(2)12-10-19(11-13-26)21-18-20(27(31(4)5)14-16-35(33,34)17-15-27)6-7-22(21)30-25(32)23-8-9-24(28-3)29-23/h6-7,9-10,18H,8,11-17H2,1-2,4-5H3,(H,30,32). The van der Waals surface area contributed by atoms with Gasteiger partial charge < -0.3 is 10.2 Å². The molecule has 0 radical (unpaired) electrons. The number of benzene rings is 1. The minimum Gasteiger partial charge on any atom is -0.361 e. The van der Waals surface area contributed by atoms with Crippen LogP contribution in [0.15, 0.2) is 41.2 Å². The van der Waals surface area contributed by atoms with Gasteiger partial charge in [-0.2, -0.15) is 0 Å². The van der Waals surface area contributed by atoms with Crippen LogP contribution in [0, 0.1) is 12.0 Å². The third-order valence-corrected chi connectivity index (χ3v) is 9.39. The van der Waals surface area contributed by atoms with Crippen LogP contribution in [0.25, 0.3) is 10.4 Å². The molecular formula is C27H34N4O3S. The van der Waals surface area contributed by atoms with Gasteiger partial charge in [-0.15, -0.1) is 4.99 Å². The van der Waals surface area contributed by atoms with E-state index >= 15 is 0 Å². The lowest BCUT2D eigenvalue weighted by Gasteiger charge is -2.43. The topological polar surface area (TPSA) is 83.2 Å². The molecule has 0 spiro atoms. The van der Waals surface area contributed by atoms with Crippen LogP contribution in [-0.4, -0.2) is 50.5 Å². The summed E-state index contributed by atoms with van der Waals surface area (Å²) in [5.74, 6) is 0.304. The second-order valence-electron chi connectivity index (χ2n) is 10.8. The van der Waals surface area contributed by atoms with E-state index in [1.165, 1.54) is 5.57 Å². The van der Waals surface area contributed by atoms with Crippen molar-refractivity contribution in [3.05, 3.63) is 58.7 Å². The van der Waals surface area contributed by atoms with Crippen molar-refractivity contribution in [2.75, 3.05) is 30.9 Å². The van der Waals surface area contributed by atoms with Gasteiger partial charge in [0.05, 0.1) is 11.5 Å². The van der Waals surface area contributed by atoms with Crippen LogP contribution in [0.3, 0.4) is 0 Å². The third-order valence-electron chi connectivity index (χ3n) is 7.74. The van der Waals surface area contributed by atoms with Crippen LogP contribution >= 0.6 is 0 Å². The molecule has 35 heavy (non-hydrogen) atoms. The van der Waals surface area contributed by atoms with Crippen LogP contribution < -0.4 is 5.32 Å². The molecule has 2 aliphatic heterocycles. The number of aliphatic imine (C=N–C) groups is 1. The summed E-state index contributed by atoms with van der Waals surface area (Å²) in [4.78, 5) is 22.6. The highest BCUT2D eigenvalue weighted by Gasteiger charge is 2.41. The van der Waals surface area contributed by atoms with Gasteiger partial charge in [-0.25, -0.2) is 8.42 Å². The summed E-state index contributed by atoms with van der Waals surface area (Å²) in [6.07, 6.45) is 8.30. The zero-order valence-electron chi connectivity index (χ0n) is 21.0. The monoisotopic (exact) mass is 494 g/mol.